The Bertz CT molecular complexity index is 1400. The highest BCUT2D eigenvalue weighted by Gasteiger charge is 2.28. The van der Waals surface area contributed by atoms with Gasteiger partial charge in [0, 0.05) is 39.0 Å². The maximum atomic E-state index is 13.2. The van der Waals surface area contributed by atoms with Gasteiger partial charge in [-0.1, -0.05) is 30.8 Å². The van der Waals surface area contributed by atoms with Crippen LogP contribution in [0.2, 0.25) is 0 Å². The van der Waals surface area contributed by atoms with Crippen molar-refractivity contribution in [3.8, 4) is 0 Å². The minimum atomic E-state index is -0.366. The van der Waals surface area contributed by atoms with E-state index >= 15 is 0 Å². The Morgan fingerprint density at radius 3 is 2.73 bits per heavy atom. The molecule has 0 N–H and O–H groups in total. The van der Waals surface area contributed by atoms with Crippen molar-refractivity contribution in [3.63, 3.8) is 0 Å². The fraction of sp³-hybridized carbons (Fsp3) is 0.478. The lowest BCUT2D eigenvalue weighted by atomic mass is 10.0. The van der Waals surface area contributed by atoms with E-state index in [9.17, 15) is 9.59 Å². The zero-order valence-corrected chi connectivity index (χ0v) is 20.0. The van der Waals surface area contributed by atoms with Crippen molar-refractivity contribution in [2.75, 3.05) is 17.2 Å². The average molecular weight is 469 g/mol. The van der Waals surface area contributed by atoms with E-state index in [4.69, 9.17) is 9.40 Å². The monoisotopic (exact) mass is 468 g/mol. The molecule has 5 rings (SSSR count). The van der Waals surface area contributed by atoms with Crippen molar-refractivity contribution >= 4 is 40.0 Å². The molecule has 1 aromatic carbocycles. The molecule has 1 aliphatic rings. The van der Waals surface area contributed by atoms with Crippen LogP contribution in [0.1, 0.15) is 32.6 Å². The molecule has 3 aromatic heterocycles. The quantitative estimate of drug-likeness (QED) is 0.402. The summed E-state index contributed by atoms with van der Waals surface area (Å²) >= 11 is 1.51. The molecule has 0 bridgehead atoms. The van der Waals surface area contributed by atoms with Crippen LogP contribution in [-0.4, -0.2) is 42.0 Å². The standard InChI is InChI=1S/C23H28N6O3S/c1-4-15-9-7-8-12-28(15)21-25-19-18(20(30)27(3)23(31)26(19)2)29(21)13-14-33-22-24-16-10-5-6-11-17(16)32-22/h5-6,10-11,15H,4,7-9,12-14H2,1-3H3/t15-/m1/s1. The summed E-state index contributed by atoms with van der Waals surface area (Å²) in [5.41, 5.74) is 1.81. The average Bonchev–Trinajstić information content (AvgIpc) is 3.43. The number of benzene rings is 1. The van der Waals surface area contributed by atoms with Gasteiger partial charge in [0.2, 0.25) is 5.95 Å². The Kier molecular flexibility index (Phi) is 5.77. The number of rotatable bonds is 6. The first-order valence-electron chi connectivity index (χ1n) is 11.4. The van der Waals surface area contributed by atoms with Gasteiger partial charge in [0.25, 0.3) is 10.8 Å². The maximum Gasteiger partial charge on any atom is 0.332 e. The number of oxazole rings is 1. The van der Waals surface area contributed by atoms with Crippen LogP contribution in [0, 0.1) is 0 Å². The highest BCUT2D eigenvalue weighted by atomic mass is 32.2. The summed E-state index contributed by atoms with van der Waals surface area (Å²) in [4.78, 5) is 37.4. The van der Waals surface area contributed by atoms with Crippen molar-refractivity contribution in [2.45, 2.75) is 50.4 Å². The number of piperidine rings is 1. The highest BCUT2D eigenvalue weighted by molar-refractivity contribution is 7.99. The van der Waals surface area contributed by atoms with Crippen molar-refractivity contribution in [2.24, 2.45) is 14.1 Å². The molecule has 0 aliphatic carbocycles. The van der Waals surface area contributed by atoms with E-state index < -0.39 is 0 Å². The van der Waals surface area contributed by atoms with Crippen LogP contribution in [0.25, 0.3) is 22.3 Å². The molecule has 1 saturated heterocycles. The van der Waals surface area contributed by atoms with Gasteiger partial charge in [-0.3, -0.25) is 13.9 Å². The fourth-order valence-electron chi connectivity index (χ4n) is 4.69. The van der Waals surface area contributed by atoms with E-state index in [0.717, 1.165) is 47.4 Å². The number of para-hydroxylation sites is 2. The number of hydrogen-bond acceptors (Lipinski definition) is 7. The Morgan fingerprint density at radius 1 is 1.12 bits per heavy atom. The van der Waals surface area contributed by atoms with E-state index in [1.807, 2.05) is 28.8 Å². The Hall–Kier alpha value is -3.01. The summed E-state index contributed by atoms with van der Waals surface area (Å²) in [5, 5.41) is 0.604. The number of hydrogen-bond donors (Lipinski definition) is 0. The SMILES string of the molecule is CC[C@@H]1CCCCN1c1nc2c(c(=O)n(C)c(=O)n2C)n1CCSc1nc2ccccc2o1. The molecule has 174 valence electrons. The number of imidazole rings is 1. The third-order valence-corrected chi connectivity index (χ3v) is 7.31. The fourth-order valence-corrected chi connectivity index (χ4v) is 5.45. The largest absolute Gasteiger partial charge is 0.431 e. The first-order valence-corrected chi connectivity index (χ1v) is 12.4. The summed E-state index contributed by atoms with van der Waals surface area (Å²) in [6.07, 6.45) is 4.41. The van der Waals surface area contributed by atoms with Crippen LogP contribution in [0.4, 0.5) is 5.95 Å². The Labute approximate surface area is 195 Å². The van der Waals surface area contributed by atoms with E-state index in [2.05, 4.69) is 16.8 Å². The molecule has 1 aliphatic heterocycles. The van der Waals surface area contributed by atoms with Gasteiger partial charge in [0.05, 0.1) is 0 Å². The van der Waals surface area contributed by atoms with Gasteiger partial charge in [0.1, 0.15) is 5.52 Å². The Morgan fingerprint density at radius 2 is 1.94 bits per heavy atom. The molecule has 0 saturated carbocycles. The van der Waals surface area contributed by atoms with Crippen molar-refractivity contribution in [3.05, 3.63) is 45.1 Å². The third kappa shape index (κ3) is 3.76. The molecule has 9 nitrogen and oxygen atoms in total. The molecule has 0 unspecified atom stereocenters. The number of thioether (sulfide) groups is 1. The van der Waals surface area contributed by atoms with E-state index in [-0.39, 0.29) is 11.2 Å². The summed E-state index contributed by atoms with van der Waals surface area (Å²) in [7, 11) is 3.19. The van der Waals surface area contributed by atoms with Crippen LogP contribution in [0.3, 0.4) is 0 Å². The molecule has 10 heteroatoms. The number of anilines is 1. The van der Waals surface area contributed by atoms with Crippen LogP contribution >= 0.6 is 11.8 Å². The normalized spacial score (nSPS) is 16.8. The van der Waals surface area contributed by atoms with Crippen molar-refractivity contribution in [1.82, 2.24) is 23.7 Å². The van der Waals surface area contributed by atoms with Gasteiger partial charge >= 0.3 is 5.69 Å². The summed E-state index contributed by atoms with van der Waals surface area (Å²) < 4.78 is 10.5. The minimum Gasteiger partial charge on any atom is -0.431 e. The molecule has 0 radical (unpaired) electrons. The zero-order valence-electron chi connectivity index (χ0n) is 19.2. The smallest absolute Gasteiger partial charge is 0.332 e. The maximum absolute atomic E-state index is 13.2. The van der Waals surface area contributed by atoms with Crippen LogP contribution in [-0.2, 0) is 20.6 Å². The predicted molar refractivity (Wildman–Crippen MR) is 130 cm³/mol. The molecule has 4 heterocycles. The van der Waals surface area contributed by atoms with Crippen molar-refractivity contribution < 1.29 is 4.42 Å². The molecule has 33 heavy (non-hydrogen) atoms. The van der Waals surface area contributed by atoms with Crippen LogP contribution in [0.15, 0.2) is 43.5 Å². The molecule has 1 fully saturated rings. The Balaban J connectivity index is 1.54. The summed E-state index contributed by atoms with van der Waals surface area (Å²) in [6.45, 7) is 3.64. The molecule has 0 amide bonds. The lowest BCUT2D eigenvalue weighted by Crippen LogP contribution is -2.41. The molecular weight excluding hydrogens is 440 g/mol. The second-order valence-electron chi connectivity index (χ2n) is 8.49. The second-order valence-corrected chi connectivity index (χ2v) is 9.53. The molecule has 1 atom stereocenters. The summed E-state index contributed by atoms with van der Waals surface area (Å²) in [5.74, 6) is 1.43. The van der Waals surface area contributed by atoms with Gasteiger partial charge in [-0.15, -0.1) is 0 Å². The number of aryl methyl sites for hydroxylation is 2. The van der Waals surface area contributed by atoms with E-state index in [1.54, 1.807) is 7.05 Å². The van der Waals surface area contributed by atoms with Crippen molar-refractivity contribution in [1.29, 1.82) is 0 Å². The zero-order chi connectivity index (χ0) is 23.1. The number of aromatic nitrogens is 5. The van der Waals surface area contributed by atoms with Gasteiger partial charge in [0.15, 0.2) is 16.7 Å². The van der Waals surface area contributed by atoms with Gasteiger partial charge in [-0.05, 0) is 37.8 Å². The predicted octanol–water partition coefficient (Wildman–Crippen LogP) is 3.14. The highest BCUT2D eigenvalue weighted by Crippen LogP contribution is 2.29. The topological polar surface area (TPSA) is 91.1 Å². The van der Waals surface area contributed by atoms with Gasteiger partial charge in [-0.25, -0.2) is 9.78 Å². The number of fused-ring (bicyclic) bond motifs is 2. The lowest BCUT2D eigenvalue weighted by molar-refractivity contribution is 0.438. The second kappa shape index (κ2) is 8.74. The minimum absolute atomic E-state index is 0.316. The van der Waals surface area contributed by atoms with Crippen LogP contribution < -0.4 is 16.1 Å². The first kappa shape index (κ1) is 21.8. The van der Waals surface area contributed by atoms with Gasteiger partial charge < -0.3 is 13.9 Å². The van der Waals surface area contributed by atoms with Gasteiger partial charge in [-0.2, -0.15) is 4.98 Å². The molecular formula is C23H28N6O3S. The van der Waals surface area contributed by atoms with E-state index in [1.165, 1.54) is 29.8 Å². The third-order valence-electron chi connectivity index (χ3n) is 6.50. The number of nitrogens with zero attached hydrogens (tertiary/aromatic N) is 6. The summed E-state index contributed by atoms with van der Waals surface area (Å²) in [6, 6.07) is 8.07. The lowest BCUT2D eigenvalue weighted by Gasteiger charge is -2.36. The van der Waals surface area contributed by atoms with E-state index in [0.29, 0.717) is 34.7 Å². The first-order chi connectivity index (χ1) is 16.0. The van der Waals surface area contributed by atoms with Crippen LogP contribution in [0.5, 0.6) is 0 Å². The molecule has 0 spiro atoms. The molecule has 4 aromatic rings.